The van der Waals surface area contributed by atoms with Crippen molar-refractivity contribution < 1.29 is 14.3 Å². The Kier molecular flexibility index (Phi) is 5.86. The largest absolute Gasteiger partial charge is 0.493 e. The number of methoxy groups -OCH3 is 1. The maximum absolute atomic E-state index is 12.9. The first kappa shape index (κ1) is 21.9. The second-order valence-corrected chi connectivity index (χ2v) is 9.61. The highest BCUT2D eigenvalue weighted by molar-refractivity contribution is 7.18. The standard InChI is InChI=1S/C24H18Cl2N2O4S/c1-31-18-10-12(6-9-17(18)32-24(30)14-8-7-13(25)11-16(14)26)21-27-22(29)20-15-4-2-3-5-19(15)33-23(20)28-21/h6-11H,2-5H2,1H3,(H,27,28,29). The maximum atomic E-state index is 12.9. The number of aromatic nitrogens is 2. The minimum absolute atomic E-state index is 0.138. The lowest BCUT2D eigenvalue weighted by Crippen LogP contribution is -2.11. The number of benzene rings is 2. The Bertz CT molecular complexity index is 1460. The molecule has 0 saturated heterocycles. The van der Waals surface area contributed by atoms with E-state index >= 15 is 0 Å². The zero-order chi connectivity index (χ0) is 23.1. The molecule has 168 valence electrons. The maximum Gasteiger partial charge on any atom is 0.345 e. The minimum Gasteiger partial charge on any atom is -0.493 e. The van der Waals surface area contributed by atoms with Gasteiger partial charge >= 0.3 is 5.97 Å². The molecule has 0 radical (unpaired) electrons. The van der Waals surface area contributed by atoms with Gasteiger partial charge in [-0.25, -0.2) is 9.78 Å². The fourth-order valence-corrected chi connectivity index (χ4v) is 5.76. The van der Waals surface area contributed by atoms with Crippen LogP contribution in [0.15, 0.2) is 41.2 Å². The van der Waals surface area contributed by atoms with E-state index in [1.165, 1.54) is 24.1 Å². The van der Waals surface area contributed by atoms with Crippen LogP contribution in [0.25, 0.3) is 21.6 Å². The Labute approximate surface area is 203 Å². The van der Waals surface area contributed by atoms with Crippen molar-refractivity contribution in [3.63, 3.8) is 0 Å². The molecule has 4 aromatic rings. The highest BCUT2D eigenvalue weighted by Gasteiger charge is 2.21. The van der Waals surface area contributed by atoms with E-state index in [2.05, 4.69) is 4.98 Å². The van der Waals surface area contributed by atoms with E-state index in [-0.39, 0.29) is 21.9 Å². The predicted molar refractivity (Wildman–Crippen MR) is 130 cm³/mol. The number of hydrogen-bond acceptors (Lipinski definition) is 6. The Morgan fingerprint density at radius 1 is 1.09 bits per heavy atom. The first-order valence-electron chi connectivity index (χ1n) is 10.3. The third-order valence-corrected chi connectivity index (χ3v) is 7.35. The lowest BCUT2D eigenvalue weighted by Gasteiger charge is -2.12. The molecule has 0 fully saturated rings. The second kappa shape index (κ2) is 8.82. The molecule has 0 unspecified atom stereocenters. The van der Waals surface area contributed by atoms with Gasteiger partial charge in [-0.15, -0.1) is 11.3 Å². The van der Waals surface area contributed by atoms with E-state index in [9.17, 15) is 9.59 Å². The molecule has 2 heterocycles. The van der Waals surface area contributed by atoms with Crippen LogP contribution in [0.1, 0.15) is 33.6 Å². The zero-order valence-electron chi connectivity index (χ0n) is 17.5. The van der Waals surface area contributed by atoms with Crippen LogP contribution in [0.3, 0.4) is 0 Å². The van der Waals surface area contributed by atoms with Crippen LogP contribution in [0.2, 0.25) is 10.0 Å². The summed E-state index contributed by atoms with van der Waals surface area (Å²) in [6, 6.07) is 9.51. The molecular formula is C24H18Cl2N2O4S. The van der Waals surface area contributed by atoms with Gasteiger partial charge < -0.3 is 14.5 Å². The molecule has 1 aliphatic rings. The number of thiophene rings is 1. The van der Waals surface area contributed by atoms with E-state index in [0.29, 0.717) is 27.5 Å². The van der Waals surface area contributed by atoms with Crippen LogP contribution >= 0.6 is 34.5 Å². The number of rotatable bonds is 4. The molecule has 6 nitrogen and oxygen atoms in total. The summed E-state index contributed by atoms with van der Waals surface area (Å²) in [5, 5.41) is 1.32. The number of carbonyl (C=O) groups is 1. The van der Waals surface area contributed by atoms with Gasteiger partial charge in [0, 0.05) is 15.5 Å². The highest BCUT2D eigenvalue weighted by Crippen LogP contribution is 2.36. The van der Waals surface area contributed by atoms with Crippen LogP contribution in [0.4, 0.5) is 0 Å². The van der Waals surface area contributed by atoms with Gasteiger partial charge in [0.25, 0.3) is 5.56 Å². The summed E-state index contributed by atoms with van der Waals surface area (Å²) >= 11 is 13.6. The van der Waals surface area contributed by atoms with Gasteiger partial charge in [-0.2, -0.15) is 0 Å². The number of carbonyl (C=O) groups excluding carboxylic acids is 1. The molecule has 0 aliphatic heterocycles. The topological polar surface area (TPSA) is 81.3 Å². The van der Waals surface area contributed by atoms with Gasteiger partial charge in [0.2, 0.25) is 0 Å². The summed E-state index contributed by atoms with van der Waals surface area (Å²) < 4.78 is 10.9. The minimum atomic E-state index is -0.639. The van der Waals surface area contributed by atoms with Crippen LogP contribution in [0, 0.1) is 0 Å². The molecule has 0 amide bonds. The van der Waals surface area contributed by atoms with Crippen molar-refractivity contribution in [2.75, 3.05) is 7.11 Å². The van der Waals surface area contributed by atoms with Crippen molar-refractivity contribution in [1.82, 2.24) is 9.97 Å². The smallest absolute Gasteiger partial charge is 0.345 e. The fourth-order valence-electron chi connectivity index (χ4n) is 4.01. The summed E-state index contributed by atoms with van der Waals surface area (Å²) in [6.07, 6.45) is 4.16. The number of H-pyrrole nitrogens is 1. The SMILES string of the molecule is COc1cc(-c2nc3sc4c(c3c(=O)[nH]2)CCCC4)ccc1OC(=O)c1ccc(Cl)cc1Cl. The Morgan fingerprint density at radius 3 is 2.70 bits per heavy atom. The lowest BCUT2D eigenvalue weighted by molar-refractivity contribution is 0.0730. The highest BCUT2D eigenvalue weighted by atomic mass is 35.5. The molecule has 0 saturated carbocycles. The van der Waals surface area contributed by atoms with E-state index < -0.39 is 5.97 Å². The van der Waals surface area contributed by atoms with Crippen LogP contribution < -0.4 is 15.0 Å². The third-order valence-electron chi connectivity index (χ3n) is 5.62. The number of nitrogens with one attached hydrogen (secondary N) is 1. The molecule has 33 heavy (non-hydrogen) atoms. The van der Waals surface area contributed by atoms with Crippen LogP contribution in [-0.4, -0.2) is 23.0 Å². The predicted octanol–water partition coefficient (Wildman–Crippen LogP) is 6.07. The average Bonchev–Trinajstić information content (AvgIpc) is 3.18. The van der Waals surface area contributed by atoms with E-state index in [0.717, 1.165) is 36.1 Å². The quantitative estimate of drug-likeness (QED) is 0.271. The number of fused-ring (bicyclic) bond motifs is 3. The number of hydrogen-bond donors (Lipinski definition) is 1. The molecule has 2 aromatic heterocycles. The molecule has 1 N–H and O–H groups in total. The van der Waals surface area contributed by atoms with Crippen molar-refractivity contribution in [2.24, 2.45) is 0 Å². The monoisotopic (exact) mass is 500 g/mol. The summed E-state index contributed by atoms with van der Waals surface area (Å²) in [5.41, 5.74) is 1.83. The van der Waals surface area contributed by atoms with E-state index in [4.69, 9.17) is 37.7 Å². The number of aryl methyl sites for hydroxylation is 2. The number of halogens is 2. The normalized spacial score (nSPS) is 13.1. The first-order chi connectivity index (χ1) is 15.9. The van der Waals surface area contributed by atoms with Gasteiger partial charge in [-0.05, 0) is 67.6 Å². The Morgan fingerprint density at radius 2 is 1.91 bits per heavy atom. The van der Waals surface area contributed by atoms with Gasteiger partial charge in [0.05, 0.1) is 23.1 Å². The third kappa shape index (κ3) is 4.12. The van der Waals surface area contributed by atoms with Gasteiger partial charge in [0.1, 0.15) is 10.7 Å². The summed E-state index contributed by atoms with van der Waals surface area (Å²) in [4.78, 5) is 35.1. The summed E-state index contributed by atoms with van der Waals surface area (Å²) in [7, 11) is 1.47. The van der Waals surface area contributed by atoms with E-state index in [1.807, 2.05) is 0 Å². The molecule has 2 aromatic carbocycles. The Balaban J connectivity index is 1.48. The molecule has 9 heteroatoms. The van der Waals surface area contributed by atoms with Crippen LogP contribution in [0.5, 0.6) is 11.5 Å². The van der Waals surface area contributed by atoms with Crippen molar-refractivity contribution in [2.45, 2.75) is 25.7 Å². The van der Waals surface area contributed by atoms with Crippen molar-refractivity contribution in [1.29, 1.82) is 0 Å². The second-order valence-electron chi connectivity index (χ2n) is 7.68. The zero-order valence-corrected chi connectivity index (χ0v) is 19.9. The average molecular weight is 501 g/mol. The molecule has 5 rings (SSSR count). The number of aromatic amines is 1. The van der Waals surface area contributed by atoms with Crippen molar-refractivity contribution in [3.8, 4) is 22.9 Å². The molecular weight excluding hydrogens is 483 g/mol. The Hall–Kier alpha value is -2.87. The molecule has 0 spiro atoms. The van der Waals surface area contributed by atoms with E-state index in [1.54, 1.807) is 35.6 Å². The van der Waals surface area contributed by atoms with Gasteiger partial charge in [0.15, 0.2) is 11.5 Å². The molecule has 0 bridgehead atoms. The van der Waals surface area contributed by atoms with Crippen LogP contribution in [-0.2, 0) is 12.8 Å². The summed E-state index contributed by atoms with van der Waals surface area (Å²) in [6.45, 7) is 0. The van der Waals surface area contributed by atoms with Gasteiger partial charge in [-0.3, -0.25) is 4.79 Å². The molecule has 0 atom stereocenters. The summed E-state index contributed by atoms with van der Waals surface area (Å²) in [5.74, 6) is 0.328. The lowest BCUT2D eigenvalue weighted by atomic mass is 9.97. The fraction of sp³-hybridized carbons (Fsp3) is 0.208. The van der Waals surface area contributed by atoms with Crippen molar-refractivity contribution >= 4 is 50.7 Å². The number of ether oxygens (including phenoxy) is 2. The number of nitrogens with zero attached hydrogens (tertiary/aromatic N) is 1. The first-order valence-corrected chi connectivity index (χ1v) is 11.9. The van der Waals surface area contributed by atoms with Gasteiger partial charge in [-0.1, -0.05) is 23.2 Å². The number of esters is 1. The van der Waals surface area contributed by atoms with Crippen molar-refractivity contribution in [3.05, 3.63) is 72.8 Å². The molecule has 1 aliphatic carbocycles.